The number of hydrogen-bond donors (Lipinski definition) is 0. The first kappa shape index (κ1) is 38.2. The summed E-state index contributed by atoms with van der Waals surface area (Å²) in [7, 11) is 0. The summed E-state index contributed by atoms with van der Waals surface area (Å²) in [5.41, 5.74) is 9.92. The summed E-state index contributed by atoms with van der Waals surface area (Å²) in [5, 5.41) is 0. The number of para-hydroxylation sites is 1. The van der Waals surface area contributed by atoms with Gasteiger partial charge < -0.3 is 4.43 Å². The molecule has 7 aliphatic carbocycles. The maximum absolute atomic E-state index is 9.32. The minimum Gasteiger partial charge on any atom is -0.554 e. The Labute approximate surface area is 354 Å². The van der Waals surface area contributed by atoms with Crippen LogP contribution in [0.2, 0.25) is 38.8 Å². The molecule has 0 aromatic heterocycles. The van der Waals surface area contributed by atoms with Gasteiger partial charge in [0, 0.05) is 26.5 Å². The first-order valence-corrected chi connectivity index (χ1v) is 55.5. The number of benzene rings is 1. The van der Waals surface area contributed by atoms with Crippen LogP contribution in [-0.2, 0) is 0 Å². The Morgan fingerprint density at radius 3 is 0.719 bits per heavy atom. The zero-order valence-corrected chi connectivity index (χ0v) is 44.6. The normalized spacial score (nSPS) is 49.5. The summed E-state index contributed by atoms with van der Waals surface area (Å²) in [5.74, 6) is 1.56. The van der Waals surface area contributed by atoms with E-state index >= 15 is 0 Å². The van der Waals surface area contributed by atoms with Crippen molar-refractivity contribution in [3.63, 3.8) is 0 Å². The third kappa shape index (κ3) is 3.52. The maximum atomic E-state index is 9.32. The summed E-state index contributed by atoms with van der Waals surface area (Å²) in [6.45, 7) is -11.6. The molecule has 9 heteroatoms. The topological polar surface area (TPSA) is 9.23 Å². The van der Waals surface area contributed by atoms with E-state index in [1.165, 1.54) is 38.8 Å². The third-order valence-corrected chi connectivity index (χ3v) is 398. The van der Waals surface area contributed by atoms with Crippen LogP contribution in [0.15, 0.2) is 30.3 Å². The molecule has 1 aromatic rings. The van der Waals surface area contributed by atoms with Gasteiger partial charge in [-0.2, -0.15) is 0 Å². The molecule has 6 aliphatic heterocycles. The lowest BCUT2D eigenvalue weighted by molar-refractivity contribution is 0.456. The lowest BCUT2D eigenvalue weighted by atomic mass is 10.0. The van der Waals surface area contributed by atoms with E-state index in [1.807, 2.05) is 51.4 Å². The fourth-order valence-electron chi connectivity index (χ4n) is 25.2. The van der Waals surface area contributed by atoms with E-state index in [-0.39, 0.29) is 0 Å². The fourth-order valence-corrected chi connectivity index (χ4v) is 1050. The molecular weight excluding hydrogens is 817 g/mol. The van der Waals surface area contributed by atoms with Crippen molar-refractivity contribution in [2.45, 2.75) is 264 Å². The second-order valence-electron chi connectivity index (χ2n) is 24.1. The Morgan fingerprint density at radius 2 is 0.474 bits per heavy atom. The highest BCUT2D eigenvalue weighted by Crippen LogP contribution is 3.11. The molecule has 6 heterocycles. The van der Waals surface area contributed by atoms with Crippen LogP contribution < -0.4 is 4.43 Å². The van der Waals surface area contributed by atoms with E-state index in [4.69, 9.17) is 0 Å². The fraction of sp³-hybridized carbons (Fsp3) is 0.875. The summed E-state index contributed by atoms with van der Waals surface area (Å²) in [4.78, 5) is 0. The predicted molar refractivity (Wildman–Crippen MR) is 261 cm³/mol. The van der Waals surface area contributed by atoms with Gasteiger partial charge in [0.25, 0.3) is 0 Å². The van der Waals surface area contributed by atoms with Crippen LogP contribution >= 0.6 is 0 Å². The Bertz CT molecular complexity index is 1510. The molecule has 7 saturated carbocycles. The van der Waals surface area contributed by atoms with E-state index < -0.39 is 53.3 Å². The quantitative estimate of drug-likeness (QED) is 0.224. The monoisotopic (exact) mass is 898 g/mol. The van der Waals surface area contributed by atoms with Gasteiger partial charge in [0.15, 0.2) is 6.87 Å². The standard InChI is InChI=1S/C48H82OSi8/c1-9-25-41(26-10-1)49-57-54(46-35-19-6-20-36-46)51(43-29-13-3-14-30-43)50(42-27-11-2-12-28-42)52(54,44-31-15-4-16-32-44)56(57,48-39-23-8-24-40-48)53(50,45-33-17-5-18-34-45)55(51,57)47-37-21-7-22-38-47/h1,9-10,25-26,42-48H,2-8,11-24,27-40H2. The Morgan fingerprint density at radius 1 is 0.263 bits per heavy atom. The van der Waals surface area contributed by atoms with Crippen LogP contribution in [0.4, 0.5) is 0 Å². The number of hydrogen-bond acceptors (Lipinski definition) is 1. The molecule has 0 radical (unpaired) electrons. The van der Waals surface area contributed by atoms with Gasteiger partial charge in [-0.25, -0.2) is 0 Å². The van der Waals surface area contributed by atoms with Crippen molar-refractivity contribution < 1.29 is 4.43 Å². The second-order valence-corrected chi connectivity index (χ2v) is 135. The smallest absolute Gasteiger partial charge is 0.192 e. The summed E-state index contributed by atoms with van der Waals surface area (Å²) < 4.78 is 9.32. The number of rotatable bonds is 9. The molecule has 0 amide bonds. The minimum atomic E-state index is -1.81. The molecule has 0 spiro atoms. The van der Waals surface area contributed by atoms with Crippen molar-refractivity contribution in [2.24, 2.45) is 0 Å². The zero-order chi connectivity index (χ0) is 37.6. The molecule has 0 atom stereocenters. The minimum absolute atomic E-state index is 1.30. The maximum Gasteiger partial charge on any atom is 0.192 e. The second kappa shape index (κ2) is 13.6. The van der Waals surface area contributed by atoms with Crippen molar-refractivity contribution in [3.05, 3.63) is 30.3 Å². The van der Waals surface area contributed by atoms with E-state index in [1.54, 1.807) is 179 Å². The molecule has 1 aromatic carbocycles. The average Bonchev–Trinajstić information content (AvgIpc) is 3.30. The highest BCUT2D eigenvalue weighted by atomic mass is 31.1. The van der Waals surface area contributed by atoms with Crippen molar-refractivity contribution in [1.29, 1.82) is 0 Å². The highest BCUT2D eigenvalue weighted by molar-refractivity contribution is 8.93. The zero-order valence-electron chi connectivity index (χ0n) is 36.6. The average molecular weight is 900 g/mol. The lowest BCUT2D eigenvalue weighted by Crippen LogP contribution is -3.68. The molecule has 14 rings (SSSR count). The van der Waals surface area contributed by atoms with Crippen LogP contribution in [0, 0.1) is 0 Å². The molecule has 0 N–H and O–H groups in total. The largest absolute Gasteiger partial charge is 0.554 e. The molecule has 0 unspecified atom stereocenters. The van der Waals surface area contributed by atoms with Crippen molar-refractivity contribution in [2.75, 3.05) is 0 Å². The first-order valence-electron chi connectivity index (χ1n) is 27.1. The Balaban J connectivity index is 1.19. The van der Waals surface area contributed by atoms with E-state index in [2.05, 4.69) is 30.3 Å². The van der Waals surface area contributed by atoms with Gasteiger partial charge in [0.1, 0.15) is 5.75 Å². The first-order chi connectivity index (χ1) is 28.3. The molecule has 13 fully saturated rings. The van der Waals surface area contributed by atoms with Crippen molar-refractivity contribution in [1.82, 2.24) is 0 Å². The molecular formula is C48H82OSi8. The van der Waals surface area contributed by atoms with Crippen molar-refractivity contribution >= 4 is 53.3 Å². The van der Waals surface area contributed by atoms with Gasteiger partial charge in [0.05, 0.1) is 19.9 Å². The molecule has 312 valence electrons. The predicted octanol–water partition coefficient (Wildman–Crippen LogP) is 14.5. The van der Waals surface area contributed by atoms with Gasteiger partial charge in [-0.05, 0) is 28.8 Å². The molecule has 6 saturated heterocycles. The van der Waals surface area contributed by atoms with Crippen LogP contribution in [-0.4, -0.2) is 53.3 Å². The van der Waals surface area contributed by atoms with Crippen LogP contribution in [0.1, 0.15) is 225 Å². The lowest BCUT2D eigenvalue weighted by Gasteiger charge is -3.32. The van der Waals surface area contributed by atoms with Gasteiger partial charge >= 0.3 is 0 Å². The Hall–Kier alpha value is 0.755. The summed E-state index contributed by atoms with van der Waals surface area (Å²) in [6, 6.07) is 12.6. The van der Waals surface area contributed by atoms with Gasteiger partial charge in [-0.15, -0.1) is 0 Å². The SMILES string of the molecule is c1ccc(O[Si]23[Si]4(C5CCCCC5)[Si]5(C6CCCCC6)[Si]2(C2CCCCC2)[Si]2(C6CCCCC6)[Si]3(C3CCCCC3)[Si]4(C3CCCCC3)[Si]52C2CCCCC2)cc1. The molecule has 13 aliphatic rings. The van der Waals surface area contributed by atoms with E-state index in [0.717, 1.165) is 0 Å². The molecule has 1 nitrogen and oxygen atoms in total. The molecule has 0 bridgehead atoms. The highest BCUT2D eigenvalue weighted by Gasteiger charge is 3.43. The summed E-state index contributed by atoms with van der Waals surface area (Å²) in [6.07, 6.45) is 60.7. The van der Waals surface area contributed by atoms with Crippen LogP contribution in [0.5, 0.6) is 5.75 Å². The van der Waals surface area contributed by atoms with Crippen LogP contribution in [0.25, 0.3) is 0 Å². The van der Waals surface area contributed by atoms with Crippen LogP contribution in [0.3, 0.4) is 0 Å². The third-order valence-electron chi connectivity index (χ3n) is 23.8. The van der Waals surface area contributed by atoms with Gasteiger partial charge in [-0.1, -0.05) is 265 Å². The van der Waals surface area contributed by atoms with E-state index in [9.17, 15) is 4.43 Å². The van der Waals surface area contributed by atoms with E-state index in [0.29, 0.717) is 0 Å². The summed E-state index contributed by atoms with van der Waals surface area (Å²) >= 11 is 0. The van der Waals surface area contributed by atoms with Gasteiger partial charge in [-0.3, -0.25) is 0 Å². The van der Waals surface area contributed by atoms with Gasteiger partial charge in [0.2, 0.25) is 0 Å². The Kier molecular flexibility index (Phi) is 9.15. The van der Waals surface area contributed by atoms with Crippen molar-refractivity contribution in [3.8, 4) is 5.75 Å². The molecule has 57 heavy (non-hydrogen) atoms.